The Morgan fingerprint density at radius 3 is 2.48 bits per heavy atom. The molecule has 0 radical (unpaired) electrons. The van der Waals surface area contributed by atoms with E-state index in [0.717, 1.165) is 31.7 Å². The van der Waals surface area contributed by atoms with Crippen LogP contribution in [0.2, 0.25) is 0 Å². The van der Waals surface area contributed by atoms with Crippen molar-refractivity contribution < 1.29 is 9.59 Å². The van der Waals surface area contributed by atoms with Crippen molar-refractivity contribution in [3.8, 4) is 0 Å². The van der Waals surface area contributed by atoms with Gasteiger partial charge in [0.05, 0.1) is 0 Å². The molecule has 0 aromatic carbocycles. The minimum Gasteiger partial charge on any atom is -0.340 e. The van der Waals surface area contributed by atoms with Crippen LogP contribution in [0.25, 0.3) is 0 Å². The minimum absolute atomic E-state index is 0.0184. The highest BCUT2D eigenvalue weighted by atomic mass is 16.2. The summed E-state index contributed by atoms with van der Waals surface area (Å²) in [7, 11) is 0. The Kier molecular flexibility index (Phi) is 3.98. The van der Waals surface area contributed by atoms with Gasteiger partial charge in [-0.3, -0.25) is 9.59 Å². The smallest absolute Gasteiger partial charge is 0.248 e. The van der Waals surface area contributed by atoms with E-state index in [1.54, 1.807) is 0 Å². The van der Waals surface area contributed by atoms with Crippen LogP contribution in [-0.2, 0) is 9.59 Å². The predicted molar refractivity (Wildman–Crippen MR) is 81.6 cm³/mol. The van der Waals surface area contributed by atoms with Crippen molar-refractivity contribution in [1.82, 2.24) is 10.2 Å². The molecule has 4 heteroatoms. The Morgan fingerprint density at radius 1 is 1.19 bits per heavy atom. The number of rotatable bonds is 5. The Hall–Kier alpha value is -1.06. The molecule has 0 spiro atoms. The lowest BCUT2D eigenvalue weighted by Crippen LogP contribution is -2.69. The Labute approximate surface area is 127 Å². The van der Waals surface area contributed by atoms with Crippen molar-refractivity contribution in [3.63, 3.8) is 0 Å². The van der Waals surface area contributed by atoms with Gasteiger partial charge in [-0.05, 0) is 51.4 Å². The zero-order chi connectivity index (χ0) is 15.0. The number of amides is 2. The fourth-order valence-corrected chi connectivity index (χ4v) is 4.11. The highest BCUT2D eigenvalue weighted by Gasteiger charge is 2.54. The summed E-state index contributed by atoms with van der Waals surface area (Å²) in [6, 6.07) is -0.312. The first-order valence-corrected chi connectivity index (χ1v) is 8.65. The molecule has 3 fully saturated rings. The second-order valence-electron chi connectivity index (χ2n) is 7.43. The standard InChI is InChI=1S/C17H28N2O2/c1-12-15(20)18-17(2,14-9-10-14)16(21)19(12)11-5-8-13-6-3-4-7-13/h12-14H,3-11H2,1-2H3,(H,18,20). The lowest BCUT2D eigenvalue weighted by atomic mass is 9.89. The molecule has 1 N–H and O–H groups in total. The van der Waals surface area contributed by atoms with E-state index in [0.29, 0.717) is 5.92 Å². The van der Waals surface area contributed by atoms with E-state index in [1.807, 2.05) is 18.7 Å². The zero-order valence-electron chi connectivity index (χ0n) is 13.4. The van der Waals surface area contributed by atoms with Gasteiger partial charge < -0.3 is 10.2 Å². The molecule has 3 rings (SSSR count). The first-order chi connectivity index (χ1) is 10.0. The maximum absolute atomic E-state index is 12.8. The number of carbonyl (C=O) groups excluding carboxylic acids is 2. The molecule has 0 bridgehead atoms. The van der Waals surface area contributed by atoms with Crippen molar-refractivity contribution in [2.24, 2.45) is 11.8 Å². The van der Waals surface area contributed by atoms with Gasteiger partial charge in [-0.1, -0.05) is 25.7 Å². The summed E-state index contributed by atoms with van der Waals surface area (Å²) >= 11 is 0. The van der Waals surface area contributed by atoms with Gasteiger partial charge in [0.2, 0.25) is 11.8 Å². The van der Waals surface area contributed by atoms with Gasteiger partial charge in [-0.25, -0.2) is 0 Å². The van der Waals surface area contributed by atoms with Gasteiger partial charge in [0.15, 0.2) is 0 Å². The van der Waals surface area contributed by atoms with Gasteiger partial charge in [0.1, 0.15) is 11.6 Å². The molecule has 2 atom stereocenters. The number of hydrogen-bond donors (Lipinski definition) is 1. The van der Waals surface area contributed by atoms with Crippen LogP contribution in [0, 0.1) is 11.8 Å². The third-order valence-corrected chi connectivity index (χ3v) is 5.81. The molecule has 0 aromatic heterocycles. The van der Waals surface area contributed by atoms with Crippen LogP contribution in [0.4, 0.5) is 0 Å². The molecule has 4 nitrogen and oxygen atoms in total. The molecule has 1 aliphatic heterocycles. The van der Waals surface area contributed by atoms with Gasteiger partial charge in [-0.2, -0.15) is 0 Å². The van der Waals surface area contributed by atoms with Gasteiger partial charge in [0.25, 0.3) is 0 Å². The summed E-state index contributed by atoms with van der Waals surface area (Å²) < 4.78 is 0. The summed E-state index contributed by atoms with van der Waals surface area (Å²) in [6.45, 7) is 4.52. The van der Waals surface area contributed by atoms with Crippen LogP contribution in [0.15, 0.2) is 0 Å². The van der Waals surface area contributed by atoms with E-state index in [1.165, 1.54) is 32.1 Å². The molecule has 2 amide bonds. The summed E-state index contributed by atoms with van der Waals surface area (Å²) in [5.41, 5.74) is -0.642. The van der Waals surface area contributed by atoms with E-state index in [-0.39, 0.29) is 17.9 Å². The van der Waals surface area contributed by atoms with Crippen molar-refractivity contribution in [3.05, 3.63) is 0 Å². The molecule has 3 aliphatic rings. The molecule has 21 heavy (non-hydrogen) atoms. The lowest BCUT2D eigenvalue weighted by Gasteiger charge is -2.43. The first kappa shape index (κ1) is 14.9. The topological polar surface area (TPSA) is 49.4 Å². The number of nitrogens with one attached hydrogen (secondary N) is 1. The highest BCUT2D eigenvalue weighted by Crippen LogP contribution is 2.42. The van der Waals surface area contributed by atoms with Crippen LogP contribution in [0.1, 0.15) is 65.2 Å². The second-order valence-corrected chi connectivity index (χ2v) is 7.43. The monoisotopic (exact) mass is 292 g/mol. The molecule has 1 heterocycles. The average molecular weight is 292 g/mol. The predicted octanol–water partition coefficient (Wildman–Crippen LogP) is 2.47. The van der Waals surface area contributed by atoms with Gasteiger partial charge >= 0.3 is 0 Å². The van der Waals surface area contributed by atoms with Crippen LogP contribution in [-0.4, -0.2) is 34.8 Å². The van der Waals surface area contributed by atoms with Crippen LogP contribution >= 0.6 is 0 Å². The van der Waals surface area contributed by atoms with E-state index >= 15 is 0 Å². The third kappa shape index (κ3) is 2.82. The molecule has 0 aromatic rings. The number of carbonyl (C=O) groups is 2. The van der Waals surface area contributed by atoms with Crippen LogP contribution in [0.3, 0.4) is 0 Å². The molecule has 2 aliphatic carbocycles. The largest absolute Gasteiger partial charge is 0.340 e. The molecule has 1 saturated heterocycles. The summed E-state index contributed by atoms with van der Waals surface area (Å²) in [5, 5.41) is 2.99. The zero-order valence-corrected chi connectivity index (χ0v) is 13.4. The van der Waals surface area contributed by atoms with E-state index < -0.39 is 5.54 Å². The molecular formula is C17H28N2O2. The second kappa shape index (κ2) is 5.62. The van der Waals surface area contributed by atoms with Crippen LogP contribution in [0.5, 0.6) is 0 Å². The maximum atomic E-state index is 12.8. The fraction of sp³-hybridized carbons (Fsp3) is 0.882. The number of hydrogen-bond acceptors (Lipinski definition) is 2. The summed E-state index contributed by atoms with van der Waals surface area (Å²) in [4.78, 5) is 26.9. The van der Waals surface area contributed by atoms with Crippen LogP contribution < -0.4 is 5.32 Å². The minimum atomic E-state index is -0.642. The van der Waals surface area contributed by atoms with Gasteiger partial charge in [0, 0.05) is 6.54 Å². The van der Waals surface area contributed by atoms with E-state index in [2.05, 4.69) is 5.32 Å². The van der Waals surface area contributed by atoms with E-state index in [4.69, 9.17) is 0 Å². The van der Waals surface area contributed by atoms with Crippen molar-refractivity contribution >= 4 is 11.8 Å². The lowest BCUT2D eigenvalue weighted by molar-refractivity contribution is -0.154. The first-order valence-electron chi connectivity index (χ1n) is 8.65. The average Bonchev–Trinajstić information content (AvgIpc) is 3.19. The fourth-order valence-electron chi connectivity index (χ4n) is 4.11. The number of nitrogens with zero attached hydrogens (tertiary/aromatic N) is 1. The van der Waals surface area contributed by atoms with Crippen molar-refractivity contribution in [2.45, 2.75) is 76.8 Å². The summed E-state index contributed by atoms with van der Waals surface area (Å²) in [5.74, 6) is 1.36. The normalized spacial score (nSPS) is 34.4. The Balaban J connectivity index is 1.60. The van der Waals surface area contributed by atoms with Crippen molar-refractivity contribution in [1.29, 1.82) is 0 Å². The summed E-state index contributed by atoms with van der Waals surface area (Å²) in [6.07, 6.45) is 9.80. The van der Waals surface area contributed by atoms with Gasteiger partial charge in [-0.15, -0.1) is 0 Å². The van der Waals surface area contributed by atoms with Crippen molar-refractivity contribution in [2.75, 3.05) is 6.54 Å². The highest BCUT2D eigenvalue weighted by molar-refractivity contribution is 5.99. The van der Waals surface area contributed by atoms with E-state index in [9.17, 15) is 9.59 Å². The maximum Gasteiger partial charge on any atom is 0.248 e. The molecule has 2 unspecified atom stereocenters. The molecule has 2 saturated carbocycles. The Bertz CT molecular complexity index is 427. The third-order valence-electron chi connectivity index (χ3n) is 5.81. The number of piperazine rings is 1. The molecular weight excluding hydrogens is 264 g/mol. The molecule has 118 valence electrons. The Morgan fingerprint density at radius 2 is 1.86 bits per heavy atom. The quantitative estimate of drug-likeness (QED) is 0.846. The SMILES string of the molecule is CC1C(=O)NC(C)(C2CC2)C(=O)N1CCCC1CCCC1.